The van der Waals surface area contributed by atoms with Crippen LogP contribution in [0.25, 0.3) is 22.2 Å². The number of rotatable bonds is 4. The number of benzene rings is 2. The Balaban J connectivity index is 1.80. The van der Waals surface area contributed by atoms with Crippen molar-refractivity contribution in [3.05, 3.63) is 46.2 Å². The van der Waals surface area contributed by atoms with Crippen LogP contribution in [0.2, 0.25) is 0 Å². The van der Waals surface area contributed by atoms with Gasteiger partial charge in [0.1, 0.15) is 11.3 Å². The third-order valence-electron chi connectivity index (χ3n) is 4.26. The minimum atomic E-state index is -0.359. The molecule has 0 unspecified atom stereocenters. The topological polar surface area (TPSA) is 50.9 Å². The Labute approximate surface area is 141 Å². The monoisotopic (exact) mass is 375 g/mol. The lowest BCUT2D eigenvalue weighted by Gasteiger charge is -2.08. The van der Waals surface area contributed by atoms with Crippen LogP contribution in [-0.4, -0.2) is 20.1 Å². The Morgan fingerprint density at radius 3 is 2.70 bits per heavy atom. The molecule has 6 heteroatoms. The fraction of sp³-hybridized carbons (Fsp3) is 0.294. The maximum Gasteiger partial charge on any atom is 0.131 e. The molecule has 0 radical (unpaired) electrons. The van der Waals surface area contributed by atoms with E-state index in [2.05, 4.69) is 26.2 Å². The molecule has 0 bridgehead atoms. The summed E-state index contributed by atoms with van der Waals surface area (Å²) in [5, 5.41) is 17.6. The quantitative estimate of drug-likeness (QED) is 0.752. The predicted octanol–water partition coefficient (Wildman–Crippen LogP) is 3.90. The summed E-state index contributed by atoms with van der Waals surface area (Å²) in [6.07, 6.45) is 2.51. The van der Waals surface area contributed by atoms with Crippen molar-refractivity contribution < 1.29 is 9.50 Å². The smallest absolute Gasteiger partial charge is 0.131 e. The third-order valence-corrected chi connectivity index (χ3v) is 5.06. The van der Waals surface area contributed by atoms with Crippen LogP contribution < -0.4 is 0 Å². The van der Waals surface area contributed by atoms with Gasteiger partial charge >= 0.3 is 0 Å². The summed E-state index contributed by atoms with van der Waals surface area (Å²) in [5.41, 5.74) is 3.47. The Hall–Kier alpha value is -1.79. The molecule has 118 valence electrons. The van der Waals surface area contributed by atoms with Crippen LogP contribution in [0.1, 0.15) is 18.4 Å². The summed E-state index contributed by atoms with van der Waals surface area (Å²) in [5.74, 6) is 0.351. The molecule has 0 amide bonds. The highest BCUT2D eigenvalue weighted by Crippen LogP contribution is 2.36. The van der Waals surface area contributed by atoms with E-state index < -0.39 is 0 Å². The van der Waals surface area contributed by atoms with Gasteiger partial charge in [-0.15, -0.1) is 5.10 Å². The minimum absolute atomic E-state index is 0.174. The van der Waals surface area contributed by atoms with Gasteiger partial charge in [-0.25, -0.2) is 9.07 Å². The summed E-state index contributed by atoms with van der Waals surface area (Å²) in [6.45, 7) is 0.717. The molecule has 1 aliphatic carbocycles. The lowest BCUT2D eigenvalue weighted by molar-refractivity contribution is 0.281. The van der Waals surface area contributed by atoms with Gasteiger partial charge < -0.3 is 5.11 Å². The molecule has 1 aromatic heterocycles. The molecule has 2 aromatic carbocycles. The molecular weight excluding hydrogens is 361 g/mol. The van der Waals surface area contributed by atoms with Gasteiger partial charge in [0.15, 0.2) is 0 Å². The van der Waals surface area contributed by atoms with Crippen molar-refractivity contribution in [2.24, 2.45) is 5.92 Å². The predicted molar refractivity (Wildman–Crippen MR) is 89.3 cm³/mol. The average molecular weight is 376 g/mol. The van der Waals surface area contributed by atoms with Crippen molar-refractivity contribution in [2.45, 2.75) is 26.0 Å². The zero-order valence-corrected chi connectivity index (χ0v) is 13.9. The molecule has 0 atom stereocenters. The second kappa shape index (κ2) is 5.69. The molecule has 1 heterocycles. The largest absolute Gasteiger partial charge is 0.392 e. The molecule has 3 aromatic rings. The first-order valence-electron chi connectivity index (χ1n) is 7.58. The van der Waals surface area contributed by atoms with Crippen molar-refractivity contribution in [1.29, 1.82) is 0 Å². The van der Waals surface area contributed by atoms with E-state index in [0.717, 1.165) is 27.6 Å². The van der Waals surface area contributed by atoms with E-state index >= 15 is 0 Å². The summed E-state index contributed by atoms with van der Waals surface area (Å²) in [4.78, 5) is 0. The first-order valence-corrected chi connectivity index (χ1v) is 8.38. The number of aliphatic hydroxyl groups is 1. The molecule has 4 rings (SSSR count). The maximum atomic E-state index is 14.3. The van der Waals surface area contributed by atoms with E-state index in [1.54, 1.807) is 12.1 Å². The number of aliphatic hydroxyl groups excluding tert-OH is 1. The number of nitrogens with zero attached hydrogens (tertiary/aromatic N) is 3. The summed E-state index contributed by atoms with van der Waals surface area (Å²) >= 11 is 3.55. The standard InChI is InChI=1S/C17H15BrFN3O/c18-16-13(12-4-3-11(9-23)7-14(12)19)5-6-15-17(16)20-21-22(15)8-10-1-2-10/h3-7,10,23H,1-2,8-9H2. The van der Waals surface area contributed by atoms with Gasteiger partial charge in [0.05, 0.1) is 16.6 Å². The molecule has 1 aliphatic rings. The van der Waals surface area contributed by atoms with E-state index in [1.807, 2.05) is 16.8 Å². The van der Waals surface area contributed by atoms with Crippen LogP contribution in [0.15, 0.2) is 34.8 Å². The van der Waals surface area contributed by atoms with E-state index in [-0.39, 0.29) is 12.4 Å². The van der Waals surface area contributed by atoms with Crippen LogP contribution in [-0.2, 0) is 13.2 Å². The van der Waals surface area contributed by atoms with E-state index in [9.17, 15) is 4.39 Å². The van der Waals surface area contributed by atoms with E-state index in [1.165, 1.54) is 18.9 Å². The van der Waals surface area contributed by atoms with Gasteiger partial charge in [-0.3, -0.25) is 0 Å². The van der Waals surface area contributed by atoms with Crippen LogP contribution in [0.5, 0.6) is 0 Å². The van der Waals surface area contributed by atoms with E-state index in [0.29, 0.717) is 17.0 Å². The lowest BCUT2D eigenvalue weighted by atomic mass is 10.0. The number of halogens is 2. The molecule has 1 fully saturated rings. The van der Waals surface area contributed by atoms with E-state index in [4.69, 9.17) is 5.11 Å². The lowest BCUT2D eigenvalue weighted by Crippen LogP contribution is -2.01. The summed E-state index contributed by atoms with van der Waals surface area (Å²) in [7, 11) is 0. The number of hydrogen-bond acceptors (Lipinski definition) is 3. The molecular formula is C17H15BrFN3O. The highest BCUT2D eigenvalue weighted by molar-refractivity contribution is 9.10. The van der Waals surface area contributed by atoms with Crippen LogP contribution in [0, 0.1) is 11.7 Å². The molecule has 0 saturated heterocycles. The molecule has 23 heavy (non-hydrogen) atoms. The van der Waals surface area contributed by atoms with Crippen LogP contribution in [0.4, 0.5) is 4.39 Å². The number of fused-ring (bicyclic) bond motifs is 1. The van der Waals surface area contributed by atoms with Gasteiger partial charge in [-0.1, -0.05) is 23.4 Å². The van der Waals surface area contributed by atoms with Crippen molar-refractivity contribution in [1.82, 2.24) is 15.0 Å². The summed E-state index contributed by atoms with van der Waals surface area (Å²) in [6, 6.07) is 8.59. The maximum absolute atomic E-state index is 14.3. The Bertz CT molecular complexity index is 889. The molecule has 1 N–H and O–H groups in total. The van der Waals surface area contributed by atoms with Crippen molar-refractivity contribution in [3.8, 4) is 11.1 Å². The van der Waals surface area contributed by atoms with Crippen LogP contribution in [0.3, 0.4) is 0 Å². The fourth-order valence-corrected chi connectivity index (χ4v) is 3.40. The highest BCUT2D eigenvalue weighted by Gasteiger charge is 2.24. The molecule has 0 spiro atoms. The number of hydrogen-bond donors (Lipinski definition) is 1. The Kier molecular flexibility index (Phi) is 3.66. The molecule has 1 saturated carbocycles. The van der Waals surface area contributed by atoms with Gasteiger partial charge in [0.2, 0.25) is 0 Å². The van der Waals surface area contributed by atoms with Gasteiger partial charge in [-0.2, -0.15) is 0 Å². The fourth-order valence-electron chi connectivity index (χ4n) is 2.77. The summed E-state index contributed by atoms with van der Waals surface area (Å²) < 4.78 is 17.0. The zero-order valence-electron chi connectivity index (χ0n) is 12.3. The Morgan fingerprint density at radius 1 is 1.22 bits per heavy atom. The molecule has 4 nitrogen and oxygen atoms in total. The second-order valence-corrected chi connectivity index (χ2v) is 6.78. The average Bonchev–Trinajstić information content (AvgIpc) is 3.27. The number of aromatic nitrogens is 3. The minimum Gasteiger partial charge on any atom is -0.392 e. The zero-order chi connectivity index (χ0) is 16.0. The highest BCUT2D eigenvalue weighted by atomic mass is 79.9. The molecule has 0 aliphatic heterocycles. The van der Waals surface area contributed by atoms with Crippen LogP contribution >= 0.6 is 15.9 Å². The van der Waals surface area contributed by atoms with Gasteiger partial charge in [-0.05, 0) is 52.4 Å². The third kappa shape index (κ3) is 2.66. The SMILES string of the molecule is OCc1ccc(-c2ccc3c(nnn3CC3CC3)c2Br)c(F)c1. The van der Waals surface area contributed by atoms with Gasteiger partial charge in [0, 0.05) is 17.7 Å². The Morgan fingerprint density at radius 2 is 2.00 bits per heavy atom. The second-order valence-electron chi connectivity index (χ2n) is 5.98. The van der Waals surface area contributed by atoms with Crippen molar-refractivity contribution in [3.63, 3.8) is 0 Å². The first kappa shape index (κ1) is 14.8. The van der Waals surface area contributed by atoms with Crippen molar-refractivity contribution in [2.75, 3.05) is 0 Å². The first-order chi connectivity index (χ1) is 11.2. The normalized spacial score (nSPS) is 14.6. The van der Waals surface area contributed by atoms with Gasteiger partial charge in [0.25, 0.3) is 0 Å². The van der Waals surface area contributed by atoms with Crippen molar-refractivity contribution >= 4 is 27.0 Å².